The Balaban J connectivity index is 2.65. The first-order valence-electron chi connectivity index (χ1n) is 6.14. The highest BCUT2D eigenvalue weighted by Gasteiger charge is 2.17. The maximum absolute atomic E-state index is 11.4. The molecular formula is C15H13N3O3. The highest BCUT2D eigenvalue weighted by atomic mass is 16.6. The second kappa shape index (κ2) is 5.51. The van der Waals surface area contributed by atoms with Gasteiger partial charge < -0.3 is 10.3 Å². The van der Waals surface area contributed by atoms with Crippen molar-refractivity contribution in [3.8, 4) is 23.6 Å². The van der Waals surface area contributed by atoms with Gasteiger partial charge in [0.25, 0.3) is 11.6 Å². The molecule has 0 fully saturated rings. The van der Waals surface area contributed by atoms with Crippen molar-refractivity contribution in [1.29, 1.82) is 0 Å². The number of amides is 1. The highest BCUT2D eigenvalue weighted by Crippen LogP contribution is 2.28. The van der Waals surface area contributed by atoms with E-state index in [4.69, 9.17) is 12.2 Å². The lowest BCUT2D eigenvalue weighted by Crippen LogP contribution is -2.12. The Labute approximate surface area is 121 Å². The van der Waals surface area contributed by atoms with E-state index >= 15 is 0 Å². The third-order valence-corrected chi connectivity index (χ3v) is 3.23. The number of non-ortho nitro benzene ring substituents is 1. The first-order chi connectivity index (χ1) is 9.95. The molecule has 1 aromatic heterocycles. The molecule has 0 aliphatic heterocycles. The van der Waals surface area contributed by atoms with Crippen LogP contribution in [0.4, 0.5) is 5.69 Å². The average Bonchev–Trinajstić information content (AvgIpc) is 2.77. The largest absolute Gasteiger partial charge is 0.366 e. The van der Waals surface area contributed by atoms with Crippen LogP contribution in [-0.2, 0) is 6.54 Å². The van der Waals surface area contributed by atoms with Crippen LogP contribution in [-0.4, -0.2) is 15.4 Å². The van der Waals surface area contributed by atoms with Crippen LogP contribution in [0.1, 0.15) is 16.1 Å². The van der Waals surface area contributed by atoms with Gasteiger partial charge in [0, 0.05) is 23.4 Å². The summed E-state index contributed by atoms with van der Waals surface area (Å²) in [6, 6.07) is 7.75. The van der Waals surface area contributed by atoms with Gasteiger partial charge in [-0.2, -0.15) is 0 Å². The molecule has 21 heavy (non-hydrogen) atoms. The Morgan fingerprint density at radius 2 is 2.19 bits per heavy atom. The quantitative estimate of drug-likeness (QED) is 0.529. The van der Waals surface area contributed by atoms with Gasteiger partial charge in [-0.1, -0.05) is 18.1 Å². The van der Waals surface area contributed by atoms with E-state index < -0.39 is 10.8 Å². The average molecular weight is 283 g/mol. The number of aromatic nitrogens is 1. The molecule has 0 atom stereocenters. The molecule has 2 N–H and O–H groups in total. The van der Waals surface area contributed by atoms with Gasteiger partial charge in [-0.3, -0.25) is 14.9 Å². The van der Waals surface area contributed by atoms with Crippen LogP contribution in [0.5, 0.6) is 0 Å². The lowest BCUT2D eigenvalue weighted by molar-refractivity contribution is -0.384. The number of hydrogen-bond donors (Lipinski definition) is 1. The van der Waals surface area contributed by atoms with E-state index in [0.29, 0.717) is 22.5 Å². The third kappa shape index (κ3) is 2.62. The van der Waals surface area contributed by atoms with Crippen molar-refractivity contribution in [3.63, 3.8) is 0 Å². The van der Waals surface area contributed by atoms with Gasteiger partial charge in [0.2, 0.25) is 0 Å². The number of nitro benzene ring substituents is 1. The predicted molar refractivity (Wildman–Crippen MR) is 78.6 cm³/mol. The molecule has 0 unspecified atom stereocenters. The maximum Gasteiger partial charge on any atom is 0.270 e. The number of benzene rings is 1. The normalized spacial score (nSPS) is 10.1. The number of nitrogens with two attached hydrogens (primary N) is 1. The predicted octanol–water partition coefficient (Wildman–Crippen LogP) is 2.10. The van der Waals surface area contributed by atoms with E-state index in [0.717, 1.165) is 0 Å². The number of rotatable bonds is 4. The summed E-state index contributed by atoms with van der Waals surface area (Å²) in [5.74, 6) is 1.94. The van der Waals surface area contributed by atoms with Crippen LogP contribution >= 0.6 is 0 Å². The van der Waals surface area contributed by atoms with Crippen LogP contribution < -0.4 is 5.73 Å². The number of terminal acetylenes is 1. The SMILES string of the molecule is C#CCn1c(-c2cccc([N+](=O)[O-])c2)cc(C(N)=O)c1C. The van der Waals surface area contributed by atoms with Crippen LogP contribution in [0.25, 0.3) is 11.3 Å². The Morgan fingerprint density at radius 3 is 2.76 bits per heavy atom. The summed E-state index contributed by atoms with van der Waals surface area (Å²) in [5.41, 5.74) is 7.54. The molecule has 0 aliphatic rings. The summed E-state index contributed by atoms with van der Waals surface area (Å²) in [4.78, 5) is 21.8. The van der Waals surface area contributed by atoms with Crippen LogP contribution in [0.15, 0.2) is 30.3 Å². The third-order valence-electron chi connectivity index (χ3n) is 3.23. The number of carbonyl (C=O) groups excluding carboxylic acids is 1. The Morgan fingerprint density at radius 1 is 1.48 bits per heavy atom. The zero-order chi connectivity index (χ0) is 15.6. The smallest absolute Gasteiger partial charge is 0.270 e. The van der Waals surface area contributed by atoms with Crippen molar-refractivity contribution < 1.29 is 9.72 Å². The summed E-state index contributed by atoms with van der Waals surface area (Å²) in [7, 11) is 0. The molecule has 0 bridgehead atoms. The molecule has 1 amide bonds. The lowest BCUT2D eigenvalue weighted by Gasteiger charge is -2.08. The summed E-state index contributed by atoms with van der Waals surface area (Å²) in [6.45, 7) is 1.98. The van der Waals surface area contributed by atoms with Gasteiger partial charge >= 0.3 is 0 Å². The first kappa shape index (κ1) is 14.3. The highest BCUT2D eigenvalue weighted by molar-refractivity contribution is 5.95. The standard InChI is InChI=1S/C15H13N3O3/c1-3-7-17-10(2)13(15(16)19)9-14(17)11-5-4-6-12(8-11)18(20)21/h1,4-6,8-9H,7H2,2H3,(H2,16,19). The van der Waals surface area contributed by atoms with Crippen LogP contribution in [0.2, 0.25) is 0 Å². The Kier molecular flexibility index (Phi) is 3.76. The number of nitrogens with zero attached hydrogens (tertiary/aromatic N) is 2. The van der Waals surface area contributed by atoms with Crippen molar-refractivity contribution in [2.45, 2.75) is 13.5 Å². The molecule has 0 radical (unpaired) electrons. The topological polar surface area (TPSA) is 91.2 Å². The van der Waals surface area contributed by atoms with E-state index in [2.05, 4.69) is 5.92 Å². The molecule has 0 spiro atoms. The number of nitro groups is 1. The van der Waals surface area contributed by atoms with Crippen molar-refractivity contribution in [2.75, 3.05) is 0 Å². The summed E-state index contributed by atoms with van der Waals surface area (Å²) in [6.07, 6.45) is 5.34. The minimum atomic E-state index is -0.560. The molecule has 2 aromatic rings. The molecule has 106 valence electrons. The summed E-state index contributed by atoms with van der Waals surface area (Å²) < 4.78 is 1.74. The molecule has 6 nitrogen and oxygen atoms in total. The van der Waals surface area contributed by atoms with E-state index in [1.54, 1.807) is 29.7 Å². The van der Waals surface area contributed by atoms with Crippen molar-refractivity contribution in [1.82, 2.24) is 4.57 Å². The molecule has 0 saturated carbocycles. The number of primary amides is 1. The Bertz CT molecular complexity index is 769. The van der Waals surface area contributed by atoms with Crippen molar-refractivity contribution >= 4 is 11.6 Å². The molecule has 1 heterocycles. The fourth-order valence-electron chi connectivity index (χ4n) is 2.21. The second-order valence-electron chi connectivity index (χ2n) is 4.49. The zero-order valence-electron chi connectivity index (χ0n) is 11.4. The fraction of sp³-hybridized carbons (Fsp3) is 0.133. The molecule has 2 rings (SSSR count). The molecular weight excluding hydrogens is 270 g/mol. The van der Waals surface area contributed by atoms with Crippen LogP contribution in [0, 0.1) is 29.4 Å². The van der Waals surface area contributed by atoms with Crippen molar-refractivity contribution in [3.05, 3.63) is 51.7 Å². The molecule has 0 saturated heterocycles. The van der Waals surface area contributed by atoms with Gasteiger partial charge in [0.15, 0.2) is 0 Å². The minimum Gasteiger partial charge on any atom is -0.366 e. The van der Waals surface area contributed by atoms with Gasteiger partial charge in [-0.15, -0.1) is 6.42 Å². The molecule has 6 heteroatoms. The summed E-state index contributed by atoms with van der Waals surface area (Å²) >= 11 is 0. The fourth-order valence-corrected chi connectivity index (χ4v) is 2.21. The van der Waals surface area contributed by atoms with Crippen LogP contribution in [0.3, 0.4) is 0 Å². The van der Waals surface area contributed by atoms with Gasteiger partial charge in [0.05, 0.1) is 22.7 Å². The minimum absolute atomic E-state index is 0.0285. The summed E-state index contributed by atoms with van der Waals surface area (Å²) in [5, 5.41) is 10.9. The van der Waals surface area contributed by atoms with Gasteiger partial charge in [0.1, 0.15) is 0 Å². The van der Waals surface area contributed by atoms with Gasteiger partial charge in [-0.25, -0.2) is 0 Å². The van der Waals surface area contributed by atoms with Crippen molar-refractivity contribution in [2.24, 2.45) is 5.73 Å². The Hall–Kier alpha value is -3.07. The van der Waals surface area contributed by atoms with E-state index in [1.165, 1.54) is 12.1 Å². The monoisotopic (exact) mass is 283 g/mol. The zero-order valence-corrected chi connectivity index (χ0v) is 11.4. The van der Waals surface area contributed by atoms with E-state index in [9.17, 15) is 14.9 Å². The number of carbonyl (C=O) groups is 1. The van der Waals surface area contributed by atoms with E-state index in [-0.39, 0.29) is 12.2 Å². The maximum atomic E-state index is 11.4. The lowest BCUT2D eigenvalue weighted by atomic mass is 10.1. The molecule has 0 aliphatic carbocycles. The number of hydrogen-bond acceptors (Lipinski definition) is 3. The van der Waals surface area contributed by atoms with Gasteiger partial charge in [-0.05, 0) is 13.0 Å². The second-order valence-corrected chi connectivity index (χ2v) is 4.49. The van der Waals surface area contributed by atoms with E-state index in [1.807, 2.05) is 0 Å². The first-order valence-corrected chi connectivity index (χ1v) is 6.14. The molecule has 1 aromatic carbocycles.